The average Bonchev–Trinajstić information content (AvgIpc) is 2.93. The Morgan fingerprint density at radius 3 is 2.54 bits per heavy atom. The molecule has 0 spiro atoms. The maximum atomic E-state index is 14.0. The van der Waals surface area contributed by atoms with Gasteiger partial charge in [0.05, 0.1) is 10.5 Å². The number of piperazine rings is 1. The topological polar surface area (TPSA) is 82.6 Å². The highest BCUT2D eigenvalue weighted by atomic mass is 35.5. The van der Waals surface area contributed by atoms with Crippen LogP contribution in [0.4, 0.5) is 10.1 Å². The molecule has 202 valence electrons. The number of pyridine rings is 1. The molecular weight excluding hydrogens is 539 g/mol. The summed E-state index contributed by atoms with van der Waals surface area (Å²) in [6, 6.07) is 19.7. The molecule has 1 amide bonds. The highest BCUT2D eigenvalue weighted by molar-refractivity contribution is 7.93. The van der Waals surface area contributed by atoms with Crippen LogP contribution in [0.25, 0.3) is 10.9 Å². The Morgan fingerprint density at radius 2 is 1.82 bits per heavy atom. The van der Waals surface area contributed by atoms with E-state index < -0.39 is 15.8 Å². The van der Waals surface area contributed by atoms with Crippen LogP contribution in [0.3, 0.4) is 0 Å². The van der Waals surface area contributed by atoms with Crippen molar-refractivity contribution in [3.8, 4) is 0 Å². The van der Waals surface area contributed by atoms with Crippen molar-refractivity contribution >= 4 is 44.1 Å². The Balaban J connectivity index is 1.25. The predicted molar refractivity (Wildman–Crippen MR) is 151 cm³/mol. The number of sulfonamides is 1. The molecule has 0 saturated carbocycles. The first-order valence-corrected chi connectivity index (χ1v) is 14.5. The number of hydrogen-bond acceptors (Lipinski definition) is 5. The number of fused-ring (bicyclic) bond motifs is 1. The molecule has 2 heterocycles. The van der Waals surface area contributed by atoms with Gasteiger partial charge in [0.2, 0.25) is 0 Å². The zero-order valence-electron chi connectivity index (χ0n) is 21.5. The standard InChI is InChI=1S/C29H28ClFN4O3S/c1-19-18-34(20(2)23-10-13-25(30)26(31)17-23)15-16-35(19)29(36)22-8-11-24(12-9-22)33-39(37,38)27-7-3-5-21-6-4-14-32-28(21)27/h3-14,17,19-20,33H,15-16,18H2,1-2H3. The first kappa shape index (κ1) is 27.1. The SMILES string of the molecule is CC(c1ccc(Cl)c(F)c1)N1CCN(C(=O)c2ccc(NS(=O)(=O)c3cccc4cccnc34)cc2)C(C)C1. The van der Waals surface area contributed by atoms with Gasteiger partial charge in [-0.05, 0) is 67.9 Å². The van der Waals surface area contributed by atoms with Crippen LogP contribution in [0.2, 0.25) is 5.02 Å². The van der Waals surface area contributed by atoms with Gasteiger partial charge in [-0.15, -0.1) is 0 Å². The molecule has 10 heteroatoms. The highest BCUT2D eigenvalue weighted by Crippen LogP contribution is 2.28. The number of nitrogens with zero attached hydrogens (tertiary/aromatic N) is 3. The minimum atomic E-state index is -3.89. The zero-order chi connectivity index (χ0) is 27.7. The number of halogens is 2. The number of amides is 1. The van der Waals surface area contributed by atoms with Gasteiger partial charge in [-0.3, -0.25) is 19.4 Å². The second-order valence-electron chi connectivity index (χ2n) is 9.71. The van der Waals surface area contributed by atoms with E-state index in [2.05, 4.69) is 14.6 Å². The molecule has 4 aromatic rings. The molecule has 39 heavy (non-hydrogen) atoms. The van der Waals surface area contributed by atoms with E-state index in [1.165, 1.54) is 12.1 Å². The summed E-state index contributed by atoms with van der Waals surface area (Å²) >= 11 is 5.83. The summed E-state index contributed by atoms with van der Waals surface area (Å²) in [4.78, 5) is 21.6. The average molecular weight is 567 g/mol. The number of carbonyl (C=O) groups is 1. The minimum Gasteiger partial charge on any atom is -0.333 e. The summed E-state index contributed by atoms with van der Waals surface area (Å²) in [6.07, 6.45) is 1.56. The molecule has 1 N–H and O–H groups in total. The molecule has 0 aliphatic carbocycles. The van der Waals surface area contributed by atoms with E-state index in [4.69, 9.17) is 11.6 Å². The molecule has 2 unspecified atom stereocenters. The molecule has 1 aromatic heterocycles. The molecule has 5 rings (SSSR count). The van der Waals surface area contributed by atoms with Crippen molar-refractivity contribution in [2.24, 2.45) is 0 Å². The van der Waals surface area contributed by atoms with Crippen molar-refractivity contribution in [3.63, 3.8) is 0 Å². The Morgan fingerprint density at radius 1 is 1.08 bits per heavy atom. The van der Waals surface area contributed by atoms with Gasteiger partial charge in [0, 0.05) is 54.6 Å². The molecular formula is C29H28ClFN4O3S. The summed E-state index contributed by atoms with van der Waals surface area (Å²) in [5.41, 5.74) is 2.04. The Labute approximate surface area is 232 Å². The smallest absolute Gasteiger partial charge is 0.264 e. The van der Waals surface area contributed by atoms with Gasteiger partial charge in [-0.1, -0.05) is 35.9 Å². The zero-order valence-corrected chi connectivity index (χ0v) is 23.1. The fourth-order valence-corrected chi connectivity index (χ4v) is 6.33. The Hall–Kier alpha value is -3.53. The summed E-state index contributed by atoms with van der Waals surface area (Å²) < 4.78 is 42.7. The Bertz CT molecular complexity index is 1630. The number of nitrogens with one attached hydrogen (secondary N) is 1. The number of benzene rings is 3. The first-order chi connectivity index (χ1) is 18.6. The van der Waals surface area contributed by atoms with E-state index in [9.17, 15) is 17.6 Å². The van der Waals surface area contributed by atoms with Gasteiger partial charge >= 0.3 is 0 Å². The molecule has 1 aliphatic heterocycles. The van der Waals surface area contributed by atoms with Crippen LogP contribution < -0.4 is 4.72 Å². The molecule has 1 fully saturated rings. The lowest BCUT2D eigenvalue weighted by Gasteiger charge is -2.42. The second-order valence-corrected chi connectivity index (χ2v) is 11.8. The van der Waals surface area contributed by atoms with Gasteiger partial charge in [0.25, 0.3) is 15.9 Å². The van der Waals surface area contributed by atoms with E-state index in [1.54, 1.807) is 60.8 Å². The van der Waals surface area contributed by atoms with Gasteiger partial charge < -0.3 is 4.90 Å². The third kappa shape index (κ3) is 5.61. The predicted octanol–water partition coefficient (Wildman–Crippen LogP) is 5.74. The number of anilines is 1. The van der Waals surface area contributed by atoms with Crippen molar-refractivity contribution < 1.29 is 17.6 Å². The quantitative estimate of drug-likeness (QED) is 0.322. The van der Waals surface area contributed by atoms with E-state index >= 15 is 0 Å². The third-order valence-electron chi connectivity index (χ3n) is 7.16. The number of carbonyl (C=O) groups excluding carboxylic acids is 1. The summed E-state index contributed by atoms with van der Waals surface area (Å²) in [7, 11) is -3.89. The second kappa shape index (κ2) is 10.9. The number of aromatic nitrogens is 1. The van der Waals surface area contributed by atoms with Crippen molar-refractivity contribution in [2.45, 2.75) is 30.8 Å². The maximum absolute atomic E-state index is 14.0. The lowest BCUT2D eigenvalue weighted by molar-refractivity contribution is 0.0406. The summed E-state index contributed by atoms with van der Waals surface area (Å²) in [5, 5.41) is 0.824. The molecule has 0 radical (unpaired) electrons. The normalized spacial score (nSPS) is 17.2. The van der Waals surface area contributed by atoms with E-state index in [0.717, 1.165) is 10.9 Å². The monoisotopic (exact) mass is 566 g/mol. The number of para-hydroxylation sites is 1. The van der Waals surface area contributed by atoms with E-state index in [-0.39, 0.29) is 27.9 Å². The molecule has 1 saturated heterocycles. The fourth-order valence-electron chi connectivity index (χ4n) is 4.97. The van der Waals surface area contributed by atoms with Crippen LogP contribution in [0.5, 0.6) is 0 Å². The summed E-state index contributed by atoms with van der Waals surface area (Å²) in [5.74, 6) is -0.567. The van der Waals surface area contributed by atoms with Crippen molar-refractivity contribution in [1.29, 1.82) is 0 Å². The van der Waals surface area contributed by atoms with Gasteiger partial charge in [0.15, 0.2) is 0 Å². The van der Waals surface area contributed by atoms with Crippen LogP contribution in [0.1, 0.15) is 35.8 Å². The van der Waals surface area contributed by atoms with Crippen molar-refractivity contribution in [2.75, 3.05) is 24.4 Å². The molecule has 0 bridgehead atoms. The molecule has 2 atom stereocenters. The lowest BCUT2D eigenvalue weighted by atomic mass is 10.0. The van der Waals surface area contributed by atoms with Crippen LogP contribution in [-0.4, -0.2) is 54.8 Å². The first-order valence-electron chi connectivity index (χ1n) is 12.6. The third-order valence-corrected chi connectivity index (χ3v) is 8.88. The highest BCUT2D eigenvalue weighted by Gasteiger charge is 2.31. The number of hydrogen-bond donors (Lipinski definition) is 1. The Kier molecular flexibility index (Phi) is 7.57. The van der Waals surface area contributed by atoms with E-state index in [1.807, 2.05) is 24.8 Å². The largest absolute Gasteiger partial charge is 0.333 e. The van der Waals surface area contributed by atoms with Crippen LogP contribution >= 0.6 is 11.6 Å². The van der Waals surface area contributed by atoms with Crippen LogP contribution in [0, 0.1) is 5.82 Å². The maximum Gasteiger partial charge on any atom is 0.264 e. The van der Waals surface area contributed by atoms with Gasteiger partial charge in [-0.25, -0.2) is 12.8 Å². The lowest BCUT2D eigenvalue weighted by Crippen LogP contribution is -2.54. The molecule has 3 aromatic carbocycles. The number of rotatable bonds is 6. The fraction of sp³-hybridized carbons (Fsp3) is 0.241. The van der Waals surface area contributed by atoms with Crippen molar-refractivity contribution in [1.82, 2.24) is 14.8 Å². The van der Waals surface area contributed by atoms with Crippen LogP contribution in [-0.2, 0) is 10.0 Å². The van der Waals surface area contributed by atoms with E-state index in [0.29, 0.717) is 36.4 Å². The molecule has 7 nitrogen and oxygen atoms in total. The van der Waals surface area contributed by atoms with Gasteiger partial charge in [-0.2, -0.15) is 0 Å². The minimum absolute atomic E-state index is 0.0271. The summed E-state index contributed by atoms with van der Waals surface area (Å²) in [6.45, 7) is 5.79. The van der Waals surface area contributed by atoms with Crippen molar-refractivity contribution in [3.05, 3.63) is 101 Å². The van der Waals surface area contributed by atoms with Crippen LogP contribution in [0.15, 0.2) is 83.9 Å². The van der Waals surface area contributed by atoms with Gasteiger partial charge in [0.1, 0.15) is 10.7 Å². The molecule has 1 aliphatic rings.